The maximum atomic E-state index is 13.1. The summed E-state index contributed by atoms with van der Waals surface area (Å²) in [6.45, 7) is 12.0. The van der Waals surface area contributed by atoms with Crippen molar-refractivity contribution in [3.8, 4) is 0 Å². The normalized spacial score (nSPS) is 14.2. The summed E-state index contributed by atoms with van der Waals surface area (Å²) in [6.07, 6.45) is 61.2. The summed E-state index contributed by atoms with van der Waals surface area (Å²) in [5.74, 6) is 0.322. The molecule has 0 saturated carbocycles. The quantitative estimate of drug-likeness (QED) is 0.0222. The molecule has 0 aliphatic heterocycles. The summed E-state index contributed by atoms with van der Waals surface area (Å²) in [5.41, 5.74) is 0. The van der Waals surface area contributed by atoms with Gasteiger partial charge in [-0.05, 0) is 43.4 Å². The van der Waals surface area contributed by atoms with Gasteiger partial charge in [-0.2, -0.15) is 0 Å². The van der Waals surface area contributed by atoms with Gasteiger partial charge in [-0.1, -0.05) is 376 Å². The molecule has 0 fully saturated rings. The number of ether oxygens (including phenoxy) is 4. The molecule has 3 N–H and O–H groups in total. The Morgan fingerprint density at radius 3 is 0.752 bits per heavy atom. The highest BCUT2D eigenvalue weighted by atomic mass is 31.2. The Hall–Kier alpha value is -1.94. The molecule has 0 saturated heterocycles. The van der Waals surface area contributed by atoms with E-state index in [1.165, 1.54) is 225 Å². The molecule has 0 aromatic rings. The third-order valence-electron chi connectivity index (χ3n) is 19.5. The Morgan fingerprint density at radius 1 is 0.287 bits per heavy atom. The predicted molar refractivity (Wildman–Crippen MR) is 414 cm³/mol. The third kappa shape index (κ3) is 74.7. The zero-order chi connectivity index (χ0) is 74.4. The standard InChI is InChI=1S/C82H160O17P2/c1-8-10-11-12-39-49-56-63-79(84)92-69-77(98-82(87)66-59-52-45-38-32-31-35-42-48-55-62-75(7)9-2)71-96-100(88,89)94-67-76(83)68-95-101(90,91)97-72-78(70-93-80(85)64-57-50-43-36-29-25-21-18-17-20-24-28-34-41-47-54-61-74(5)6)99-81(86)65-58-51-44-37-30-26-22-16-14-13-15-19-23-27-33-40-46-53-60-73(3)4/h73-78,83H,8-72H2,1-7H3,(H,88,89)(H,90,91)/t75?,76-,77+,78+/m0/s1. The summed E-state index contributed by atoms with van der Waals surface area (Å²) in [5, 5.41) is 10.6. The van der Waals surface area contributed by atoms with Crippen molar-refractivity contribution in [2.45, 2.75) is 446 Å². The highest BCUT2D eigenvalue weighted by Gasteiger charge is 2.30. The molecule has 0 aliphatic rings. The number of hydrogen-bond acceptors (Lipinski definition) is 15. The van der Waals surface area contributed by atoms with Crippen molar-refractivity contribution in [3.05, 3.63) is 0 Å². The zero-order valence-corrected chi connectivity index (χ0v) is 68.2. The highest BCUT2D eigenvalue weighted by molar-refractivity contribution is 7.47. The van der Waals surface area contributed by atoms with Crippen LogP contribution in [-0.2, 0) is 65.4 Å². The summed E-state index contributed by atoms with van der Waals surface area (Å²) >= 11 is 0. The van der Waals surface area contributed by atoms with Crippen molar-refractivity contribution in [1.29, 1.82) is 0 Å². The van der Waals surface area contributed by atoms with Gasteiger partial charge in [0.15, 0.2) is 12.2 Å². The van der Waals surface area contributed by atoms with Gasteiger partial charge in [0.05, 0.1) is 26.4 Å². The molecule has 0 aromatic carbocycles. The fraction of sp³-hybridized carbons (Fsp3) is 0.951. The van der Waals surface area contributed by atoms with Crippen LogP contribution in [0.2, 0.25) is 0 Å². The van der Waals surface area contributed by atoms with E-state index in [1.54, 1.807) is 0 Å². The molecule has 101 heavy (non-hydrogen) atoms. The van der Waals surface area contributed by atoms with Crippen LogP contribution in [0.1, 0.15) is 427 Å². The average Bonchev–Trinajstić information content (AvgIpc) is 0.914. The van der Waals surface area contributed by atoms with Gasteiger partial charge in [-0.25, -0.2) is 9.13 Å². The van der Waals surface area contributed by atoms with Gasteiger partial charge in [0.2, 0.25) is 0 Å². The van der Waals surface area contributed by atoms with Gasteiger partial charge in [0.25, 0.3) is 0 Å². The molecule has 0 spiro atoms. The first-order valence-corrected chi connectivity index (χ1v) is 45.4. The summed E-state index contributed by atoms with van der Waals surface area (Å²) in [6, 6.07) is 0. The first-order chi connectivity index (χ1) is 48.8. The van der Waals surface area contributed by atoms with Crippen molar-refractivity contribution in [2.24, 2.45) is 17.8 Å². The van der Waals surface area contributed by atoms with Crippen LogP contribution in [-0.4, -0.2) is 96.7 Å². The van der Waals surface area contributed by atoms with E-state index in [0.717, 1.165) is 120 Å². The van der Waals surface area contributed by atoms with Gasteiger partial charge in [-0.15, -0.1) is 0 Å². The van der Waals surface area contributed by atoms with Crippen LogP contribution >= 0.6 is 15.6 Å². The number of phosphoric ester groups is 2. The van der Waals surface area contributed by atoms with Crippen LogP contribution in [0.15, 0.2) is 0 Å². The first kappa shape index (κ1) is 99.1. The number of phosphoric acid groups is 2. The van der Waals surface area contributed by atoms with E-state index in [9.17, 15) is 43.2 Å². The van der Waals surface area contributed by atoms with Crippen molar-refractivity contribution in [3.63, 3.8) is 0 Å². The number of aliphatic hydroxyl groups excluding tert-OH is 1. The molecule has 0 bridgehead atoms. The molecule has 0 rings (SSSR count). The monoisotopic (exact) mass is 1480 g/mol. The van der Waals surface area contributed by atoms with Crippen LogP contribution in [0.4, 0.5) is 0 Å². The third-order valence-corrected chi connectivity index (χ3v) is 21.4. The van der Waals surface area contributed by atoms with E-state index >= 15 is 0 Å². The largest absolute Gasteiger partial charge is 0.472 e. The molecule has 0 aromatic heterocycles. The number of aliphatic hydroxyl groups is 1. The van der Waals surface area contributed by atoms with Gasteiger partial charge in [-0.3, -0.25) is 37.3 Å². The van der Waals surface area contributed by atoms with Crippen LogP contribution in [0, 0.1) is 17.8 Å². The predicted octanol–water partition coefficient (Wildman–Crippen LogP) is 24.5. The number of rotatable bonds is 80. The van der Waals surface area contributed by atoms with E-state index in [0.29, 0.717) is 25.7 Å². The van der Waals surface area contributed by atoms with Gasteiger partial charge in [0.1, 0.15) is 19.3 Å². The van der Waals surface area contributed by atoms with E-state index in [2.05, 4.69) is 48.5 Å². The number of esters is 4. The second-order valence-corrected chi connectivity index (χ2v) is 33.6. The van der Waals surface area contributed by atoms with Crippen molar-refractivity contribution < 1.29 is 80.2 Å². The summed E-state index contributed by atoms with van der Waals surface area (Å²) in [7, 11) is -9.92. The van der Waals surface area contributed by atoms with Crippen LogP contribution in [0.3, 0.4) is 0 Å². The van der Waals surface area contributed by atoms with Crippen molar-refractivity contribution in [2.75, 3.05) is 39.6 Å². The first-order valence-electron chi connectivity index (χ1n) is 42.4. The fourth-order valence-corrected chi connectivity index (χ4v) is 14.2. The fourth-order valence-electron chi connectivity index (χ4n) is 12.6. The van der Waals surface area contributed by atoms with Crippen LogP contribution < -0.4 is 0 Å². The van der Waals surface area contributed by atoms with E-state index < -0.39 is 97.5 Å². The molecule has 6 atom stereocenters. The molecule has 17 nitrogen and oxygen atoms in total. The maximum absolute atomic E-state index is 13.1. The lowest BCUT2D eigenvalue weighted by atomic mass is 9.99. The van der Waals surface area contributed by atoms with Gasteiger partial charge in [0, 0.05) is 25.7 Å². The van der Waals surface area contributed by atoms with E-state index in [4.69, 9.17) is 37.0 Å². The Kier molecular flexibility index (Phi) is 70.9. The Balaban J connectivity index is 5.17. The van der Waals surface area contributed by atoms with E-state index in [1.807, 2.05) is 0 Å². The lowest BCUT2D eigenvalue weighted by molar-refractivity contribution is -0.161. The Bertz CT molecular complexity index is 1960. The minimum Gasteiger partial charge on any atom is -0.462 e. The van der Waals surface area contributed by atoms with Crippen molar-refractivity contribution >= 4 is 39.5 Å². The second-order valence-electron chi connectivity index (χ2n) is 30.7. The SMILES string of the molecule is CCCCCCCCCC(=O)OC[C@H](COP(=O)(O)OC[C@H](O)COP(=O)(O)OC[C@@H](COC(=O)CCCCCCCCCCCCCCCCCCC(C)C)OC(=O)CCCCCCCCCCCCCCCCCCCCC(C)C)OC(=O)CCCCCCCCCCCCC(C)CC. The second kappa shape index (κ2) is 72.3. The molecule has 600 valence electrons. The summed E-state index contributed by atoms with van der Waals surface area (Å²) < 4.78 is 68.6. The van der Waals surface area contributed by atoms with E-state index in [-0.39, 0.29) is 25.7 Å². The Morgan fingerprint density at radius 2 is 0.505 bits per heavy atom. The van der Waals surface area contributed by atoms with Gasteiger partial charge < -0.3 is 33.8 Å². The zero-order valence-electron chi connectivity index (χ0n) is 66.4. The minimum absolute atomic E-state index is 0.106. The number of hydrogen-bond donors (Lipinski definition) is 3. The lowest BCUT2D eigenvalue weighted by Crippen LogP contribution is -2.30. The van der Waals surface area contributed by atoms with Crippen molar-refractivity contribution in [1.82, 2.24) is 0 Å². The average molecular weight is 1480 g/mol. The van der Waals surface area contributed by atoms with Crippen LogP contribution in [0.25, 0.3) is 0 Å². The molecular formula is C82H160O17P2. The maximum Gasteiger partial charge on any atom is 0.472 e. The molecule has 19 heteroatoms. The minimum atomic E-state index is -4.96. The summed E-state index contributed by atoms with van der Waals surface area (Å²) in [4.78, 5) is 72.9. The van der Waals surface area contributed by atoms with Crippen LogP contribution in [0.5, 0.6) is 0 Å². The molecule has 0 heterocycles. The highest BCUT2D eigenvalue weighted by Crippen LogP contribution is 2.45. The number of carbonyl (C=O) groups excluding carboxylic acids is 4. The topological polar surface area (TPSA) is 237 Å². The molecule has 0 radical (unpaired) electrons. The molecule has 0 amide bonds. The number of carbonyl (C=O) groups is 4. The van der Waals surface area contributed by atoms with Gasteiger partial charge >= 0.3 is 39.5 Å². The molecular weight excluding hydrogens is 1320 g/mol. The smallest absolute Gasteiger partial charge is 0.462 e. The Labute approximate surface area is 619 Å². The molecule has 0 aliphatic carbocycles. The number of unbranched alkanes of at least 4 members (excludes halogenated alkanes) is 47. The molecule has 3 unspecified atom stereocenters. The lowest BCUT2D eigenvalue weighted by Gasteiger charge is -2.21.